The highest BCUT2D eigenvalue weighted by atomic mass is 16.5. The predicted molar refractivity (Wildman–Crippen MR) is 113 cm³/mol. The molecule has 0 amide bonds. The van der Waals surface area contributed by atoms with Gasteiger partial charge in [0.2, 0.25) is 5.95 Å². The topological polar surface area (TPSA) is 85.8 Å². The first-order valence-electron chi connectivity index (χ1n) is 9.72. The lowest BCUT2D eigenvalue weighted by Crippen LogP contribution is -2.32. The number of rotatable bonds is 9. The molecule has 1 aromatic carbocycles. The van der Waals surface area contributed by atoms with E-state index in [2.05, 4.69) is 29.4 Å². The van der Waals surface area contributed by atoms with E-state index in [-0.39, 0.29) is 6.61 Å². The number of aliphatic hydroxyl groups excluding tert-OH is 1. The Morgan fingerprint density at radius 3 is 2.64 bits per heavy atom. The molecule has 0 atom stereocenters. The second kappa shape index (κ2) is 8.97. The summed E-state index contributed by atoms with van der Waals surface area (Å²) in [4.78, 5) is 13.7. The summed E-state index contributed by atoms with van der Waals surface area (Å²) in [6, 6.07) is 8.29. The van der Waals surface area contributed by atoms with Crippen LogP contribution >= 0.6 is 0 Å². The Bertz CT molecular complexity index is 781. The van der Waals surface area contributed by atoms with Gasteiger partial charge in [0.25, 0.3) is 0 Å². The van der Waals surface area contributed by atoms with Crippen molar-refractivity contribution in [1.82, 2.24) is 9.97 Å². The molecule has 0 radical (unpaired) electrons. The first-order valence-corrected chi connectivity index (χ1v) is 9.72. The molecule has 0 aliphatic carbocycles. The van der Waals surface area contributed by atoms with Gasteiger partial charge < -0.3 is 30.3 Å². The monoisotopic (exact) mass is 386 g/mol. The summed E-state index contributed by atoms with van der Waals surface area (Å²) in [5, 5.41) is 16.3. The second-order valence-corrected chi connectivity index (χ2v) is 6.97. The molecule has 0 spiro atoms. The van der Waals surface area contributed by atoms with Crippen LogP contribution in [-0.2, 0) is 6.54 Å². The first kappa shape index (κ1) is 20.0. The van der Waals surface area contributed by atoms with Crippen LogP contribution in [0.2, 0.25) is 0 Å². The van der Waals surface area contributed by atoms with Gasteiger partial charge in [-0.25, -0.2) is 0 Å². The normalized spacial score (nSPS) is 12.7. The number of anilines is 4. The average molecular weight is 387 g/mol. The van der Waals surface area contributed by atoms with Gasteiger partial charge in [0.15, 0.2) is 11.6 Å². The van der Waals surface area contributed by atoms with Crippen molar-refractivity contribution in [2.45, 2.75) is 33.4 Å². The van der Waals surface area contributed by atoms with Gasteiger partial charge in [-0.3, -0.25) is 0 Å². The van der Waals surface area contributed by atoms with Crippen LogP contribution in [0.1, 0.15) is 26.3 Å². The van der Waals surface area contributed by atoms with Gasteiger partial charge in [-0.1, -0.05) is 12.1 Å². The first-order chi connectivity index (χ1) is 13.6. The van der Waals surface area contributed by atoms with Crippen molar-refractivity contribution >= 4 is 23.3 Å². The summed E-state index contributed by atoms with van der Waals surface area (Å²) < 4.78 is 5.22. The molecule has 2 aromatic rings. The number of hydrogen-bond donors (Lipinski definition) is 3. The summed E-state index contributed by atoms with van der Waals surface area (Å²) in [6.07, 6.45) is 0. The van der Waals surface area contributed by atoms with Crippen molar-refractivity contribution in [3.05, 3.63) is 29.8 Å². The van der Waals surface area contributed by atoms with Crippen molar-refractivity contribution in [1.29, 1.82) is 0 Å². The Labute approximate surface area is 166 Å². The minimum Gasteiger partial charge on any atom is -0.497 e. The molecule has 0 saturated heterocycles. The maximum absolute atomic E-state index is 9.38. The molecular weight excluding hydrogens is 356 g/mol. The Balaban J connectivity index is 1.89. The van der Waals surface area contributed by atoms with Crippen molar-refractivity contribution < 1.29 is 9.84 Å². The maximum Gasteiger partial charge on any atom is 0.229 e. The van der Waals surface area contributed by atoms with E-state index in [1.807, 2.05) is 36.1 Å². The van der Waals surface area contributed by atoms with Crippen LogP contribution < -0.4 is 25.2 Å². The smallest absolute Gasteiger partial charge is 0.229 e. The molecule has 0 bridgehead atoms. The zero-order chi connectivity index (χ0) is 20.1. The van der Waals surface area contributed by atoms with Gasteiger partial charge in [-0.2, -0.15) is 9.97 Å². The summed E-state index contributed by atoms with van der Waals surface area (Å²) in [7, 11) is 1.66. The second-order valence-electron chi connectivity index (χ2n) is 6.97. The molecule has 1 aromatic heterocycles. The van der Waals surface area contributed by atoms with E-state index in [0.29, 0.717) is 31.7 Å². The number of hydrogen-bond acceptors (Lipinski definition) is 8. The molecule has 8 nitrogen and oxygen atoms in total. The zero-order valence-corrected chi connectivity index (χ0v) is 17.1. The van der Waals surface area contributed by atoms with Crippen LogP contribution in [0.4, 0.5) is 23.3 Å². The Morgan fingerprint density at radius 2 is 2.04 bits per heavy atom. The largest absolute Gasteiger partial charge is 0.497 e. The van der Waals surface area contributed by atoms with Gasteiger partial charge in [0, 0.05) is 25.7 Å². The number of methoxy groups -OCH3 is 1. The van der Waals surface area contributed by atoms with Gasteiger partial charge in [-0.15, -0.1) is 0 Å². The lowest BCUT2D eigenvalue weighted by Gasteiger charge is -2.25. The van der Waals surface area contributed by atoms with E-state index in [0.717, 1.165) is 35.2 Å². The highest BCUT2D eigenvalue weighted by molar-refractivity contribution is 5.83. The summed E-state index contributed by atoms with van der Waals surface area (Å²) in [5.74, 6) is 3.14. The van der Waals surface area contributed by atoms with Crippen LogP contribution in [0, 0.1) is 0 Å². The highest BCUT2D eigenvalue weighted by Gasteiger charge is 2.28. The number of likely N-dealkylation sites (N-methyl/N-ethyl adjacent to an activating group) is 1. The van der Waals surface area contributed by atoms with Gasteiger partial charge in [0.1, 0.15) is 11.4 Å². The van der Waals surface area contributed by atoms with E-state index >= 15 is 0 Å². The molecule has 152 valence electrons. The number of aromatic nitrogens is 2. The van der Waals surface area contributed by atoms with E-state index in [9.17, 15) is 5.11 Å². The Morgan fingerprint density at radius 1 is 1.29 bits per heavy atom. The van der Waals surface area contributed by atoms with Crippen molar-refractivity contribution in [2.75, 3.05) is 53.9 Å². The SMILES string of the molecule is CCN(CCO)c1nc(NCc2ccc(OC)cc2)c2c(n1)N(C(C)C)CN2. The fourth-order valence-corrected chi connectivity index (χ4v) is 3.19. The number of nitrogens with one attached hydrogen (secondary N) is 2. The molecular formula is C20H30N6O2. The van der Waals surface area contributed by atoms with Crippen molar-refractivity contribution in [2.24, 2.45) is 0 Å². The third-order valence-corrected chi connectivity index (χ3v) is 4.85. The third kappa shape index (κ3) is 4.22. The number of nitrogens with zero attached hydrogens (tertiary/aromatic N) is 4. The predicted octanol–water partition coefficient (Wildman–Crippen LogP) is 2.51. The van der Waals surface area contributed by atoms with Crippen LogP contribution in [0.15, 0.2) is 24.3 Å². The van der Waals surface area contributed by atoms with Gasteiger partial charge in [-0.05, 0) is 38.5 Å². The third-order valence-electron chi connectivity index (χ3n) is 4.85. The Hall–Kier alpha value is -2.74. The molecule has 0 unspecified atom stereocenters. The van der Waals surface area contributed by atoms with E-state index in [1.165, 1.54) is 0 Å². The molecule has 3 N–H and O–H groups in total. The fourth-order valence-electron chi connectivity index (χ4n) is 3.19. The van der Waals surface area contributed by atoms with Crippen LogP contribution in [0.5, 0.6) is 5.75 Å². The van der Waals surface area contributed by atoms with E-state index < -0.39 is 0 Å². The molecule has 2 heterocycles. The van der Waals surface area contributed by atoms with Gasteiger partial charge in [0.05, 0.1) is 20.4 Å². The molecule has 1 aliphatic rings. The summed E-state index contributed by atoms with van der Waals surface area (Å²) in [5.41, 5.74) is 2.06. The van der Waals surface area contributed by atoms with Crippen molar-refractivity contribution in [3.8, 4) is 5.75 Å². The average Bonchev–Trinajstić information content (AvgIpc) is 3.15. The molecule has 8 heteroatoms. The zero-order valence-electron chi connectivity index (χ0n) is 17.1. The molecule has 1 aliphatic heterocycles. The van der Waals surface area contributed by atoms with E-state index in [4.69, 9.17) is 14.7 Å². The Kier molecular flexibility index (Phi) is 6.41. The number of fused-ring (bicyclic) bond motifs is 1. The number of aliphatic hydroxyl groups is 1. The minimum absolute atomic E-state index is 0.0645. The molecule has 3 rings (SSSR count). The lowest BCUT2D eigenvalue weighted by molar-refractivity contribution is 0.302. The van der Waals surface area contributed by atoms with Crippen LogP contribution in [-0.4, -0.2) is 54.6 Å². The summed E-state index contributed by atoms with van der Waals surface area (Å²) >= 11 is 0. The highest BCUT2D eigenvalue weighted by Crippen LogP contribution is 2.37. The lowest BCUT2D eigenvalue weighted by atomic mass is 10.2. The van der Waals surface area contributed by atoms with Crippen LogP contribution in [0.3, 0.4) is 0 Å². The maximum atomic E-state index is 9.38. The van der Waals surface area contributed by atoms with E-state index in [1.54, 1.807) is 7.11 Å². The molecule has 0 fully saturated rings. The number of benzene rings is 1. The standard InChI is InChI=1S/C20H30N6O2/c1-5-25(10-11-27)20-23-18(17-19(24-20)26(13-22-17)14(2)3)21-12-15-6-8-16(28-4)9-7-15/h6-9,14,22,27H,5,10-13H2,1-4H3,(H,21,23,24). The quantitative estimate of drug-likeness (QED) is 0.606. The summed E-state index contributed by atoms with van der Waals surface area (Å²) in [6.45, 7) is 8.97. The van der Waals surface area contributed by atoms with Crippen LogP contribution in [0.25, 0.3) is 0 Å². The van der Waals surface area contributed by atoms with Gasteiger partial charge >= 0.3 is 0 Å². The fraction of sp³-hybridized carbons (Fsp3) is 0.500. The van der Waals surface area contributed by atoms with Crippen molar-refractivity contribution in [3.63, 3.8) is 0 Å². The molecule has 28 heavy (non-hydrogen) atoms. The molecule has 0 saturated carbocycles. The minimum atomic E-state index is 0.0645. The number of ether oxygens (including phenoxy) is 1.